The molecule has 0 saturated carbocycles. The minimum atomic E-state index is -0.931. The molecule has 0 aromatic heterocycles. The molecule has 136 valence electrons. The summed E-state index contributed by atoms with van der Waals surface area (Å²) in [6.45, 7) is 4.16. The third kappa shape index (κ3) is 14.3. The molecule has 0 spiro atoms. The number of hydrogen-bond donors (Lipinski definition) is 2. The number of carboxylic acids is 1. The number of carboxylic acid groups (broad SMARTS) is 1. The Hall–Kier alpha value is -1.06. The summed E-state index contributed by atoms with van der Waals surface area (Å²) in [5.74, 6) is -1.05. The van der Waals surface area contributed by atoms with Gasteiger partial charge < -0.3 is 10.4 Å². The zero-order chi connectivity index (χ0) is 17.3. The Labute approximate surface area is 142 Å². The fraction of sp³-hybridized carbons (Fsp3) is 0.895. The Morgan fingerprint density at radius 1 is 0.783 bits per heavy atom. The summed E-state index contributed by atoms with van der Waals surface area (Å²) in [5, 5.41) is 11.6. The monoisotopic (exact) mass is 327 g/mol. The van der Waals surface area contributed by atoms with E-state index in [1.54, 1.807) is 0 Å². The number of unbranched alkanes of at least 4 members (excludes halogenated alkanes) is 10. The Morgan fingerprint density at radius 2 is 1.26 bits per heavy atom. The van der Waals surface area contributed by atoms with Gasteiger partial charge in [-0.05, 0) is 12.8 Å². The molecule has 0 aliphatic rings. The fourth-order valence-electron chi connectivity index (χ4n) is 2.76. The number of carbonyl (C=O) groups excluding carboxylic acids is 1. The van der Waals surface area contributed by atoms with E-state index in [0.29, 0.717) is 12.8 Å². The van der Waals surface area contributed by atoms with Gasteiger partial charge in [0.1, 0.15) is 6.04 Å². The summed E-state index contributed by atoms with van der Waals surface area (Å²) in [6, 6.07) is -0.722. The molecule has 2 N–H and O–H groups in total. The first-order valence-electron chi connectivity index (χ1n) is 9.64. The Bertz CT molecular complexity index is 305. The van der Waals surface area contributed by atoms with Gasteiger partial charge in [0, 0.05) is 6.42 Å². The van der Waals surface area contributed by atoms with Crippen molar-refractivity contribution in [2.45, 2.75) is 110 Å². The van der Waals surface area contributed by atoms with E-state index < -0.39 is 12.0 Å². The molecule has 0 aromatic carbocycles. The molecule has 0 saturated heterocycles. The van der Waals surface area contributed by atoms with Gasteiger partial charge in [-0.3, -0.25) is 4.79 Å². The number of rotatable bonds is 16. The lowest BCUT2D eigenvalue weighted by atomic mass is 10.1. The van der Waals surface area contributed by atoms with Crippen molar-refractivity contribution in [1.29, 1.82) is 0 Å². The number of nitrogens with one attached hydrogen (secondary N) is 1. The van der Waals surface area contributed by atoms with E-state index in [1.807, 2.05) is 6.92 Å². The summed E-state index contributed by atoms with van der Waals surface area (Å²) in [7, 11) is 0. The van der Waals surface area contributed by atoms with Gasteiger partial charge in [0.25, 0.3) is 0 Å². The molecule has 1 unspecified atom stereocenters. The minimum absolute atomic E-state index is 0.123. The summed E-state index contributed by atoms with van der Waals surface area (Å²) < 4.78 is 0. The lowest BCUT2D eigenvalue weighted by Crippen LogP contribution is -2.40. The summed E-state index contributed by atoms with van der Waals surface area (Å²) >= 11 is 0. The van der Waals surface area contributed by atoms with Crippen molar-refractivity contribution in [3.63, 3.8) is 0 Å². The highest BCUT2D eigenvalue weighted by Gasteiger charge is 2.18. The van der Waals surface area contributed by atoms with Crippen LogP contribution in [-0.4, -0.2) is 23.0 Å². The average molecular weight is 328 g/mol. The third-order valence-electron chi connectivity index (χ3n) is 4.22. The summed E-state index contributed by atoms with van der Waals surface area (Å²) in [6.07, 6.45) is 15.5. The number of carbonyl (C=O) groups is 2. The van der Waals surface area contributed by atoms with E-state index in [4.69, 9.17) is 5.11 Å². The van der Waals surface area contributed by atoms with Crippen molar-refractivity contribution in [2.24, 2.45) is 0 Å². The molecule has 0 fully saturated rings. The molecule has 0 rings (SSSR count). The molecule has 0 bridgehead atoms. The third-order valence-corrected chi connectivity index (χ3v) is 4.22. The van der Waals surface area contributed by atoms with Crippen LogP contribution in [0.1, 0.15) is 104 Å². The molecule has 23 heavy (non-hydrogen) atoms. The standard InChI is InChI=1S/C19H37NO3/c1-3-5-6-7-8-9-10-11-12-13-14-16-18(21)20-17(15-4-2)19(22)23/h17H,3-16H2,1-2H3,(H,20,21)(H,22,23). The van der Waals surface area contributed by atoms with Gasteiger partial charge in [-0.25, -0.2) is 4.79 Å². The van der Waals surface area contributed by atoms with Crippen LogP contribution in [0.4, 0.5) is 0 Å². The first-order chi connectivity index (χ1) is 11.1. The fourth-order valence-corrected chi connectivity index (χ4v) is 2.76. The van der Waals surface area contributed by atoms with Crippen LogP contribution in [0.25, 0.3) is 0 Å². The topological polar surface area (TPSA) is 66.4 Å². The highest BCUT2D eigenvalue weighted by molar-refractivity contribution is 5.83. The van der Waals surface area contributed by atoms with E-state index >= 15 is 0 Å². The predicted octanol–water partition coefficient (Wildman–Crippen LogP) is 5.06. The van der Waals surface area contributed by atoms with Gasteiger partial charge in [-0.1, -0.05) is 84.5 Å². The van der Waals surface area contributed by atoms with E-state index in [9.17, 15) is 9.59 Å². The normalized spacial score (nSPS) is 12.1. The molecule has 0 radical (unpaired) electrons. The largest absolute Gasteiger partial charge is 0.480 e. The minimum Gasteiger partial charge on any atom is -0.480 e. The number of amides is 1. The lowest BCUT2D eigenvalue weighted by molar-refractivity contribution is -0.142. The molecule has 4 nitrogen and oxygen atoms in total. The second-order valence-corrected chi connectivity index (χ2v) is 6.53. The van der Waals surface area contributed by atoms with Gasteiger partial charge >= 0.3 is 5.97 Å². The van der Waals surface area contributed by atoms with Crippen molar-refractivity contribution < 1.29 is 14.7 Å². The molecule has 0 heterocycles. The Morgan fingerprint density at radius 3 is 1.70 bits per heavy atom. The van der Waals surface area contributed by atoms with Crippen LogP contribution >= 0.6 is 0 Å². The van der Waals surface area contributed by atoms with Crippen molar-refractivity contribution in [3.05, 3.63) is 0 Å². The quantitative estimate of drug-likeness (QED) is 0.389. The van der Waals surface area contributed by atoms with Crippen LogP contribution < -0.4 is 5.32 Å². The molecular weight excluding hydrogens is 290 g/mol. The molecule has 0 aliphatic carbocycles. The highest BCUT2D eigenvalue weighted by atomic mass is 16.4. The van der Waals surface area contributed by atoms with Crippen molar-refractivity contribution in [2.75, 3.05) is 0 Å². The van der Waals surface area contributed by atoms with Crippen LogP contribution in [0.3, 0.4) is 0 Å². The van der Waals surface area contributed by atoms with E-state index in [0.717, 1.165) is 19.3 Å². The van der Waals surface area contributed by atoms with Crippen molar-refractivity contribution in [1.82, 2.24) is 5.32 Å². The van der Waals surface area contributed by atoms with Crippen LogP contribution in [0.5, 0.6) is 0 Å². The van der Waals surface area contributed by atoms with Gasteiger partial charge in [0.2, 0.25) is 5.91 Å². The van der Waals surface area contributed by atoms with Gasteiger partial charge in [-0.15, -0.1) is 0 Å². The Balaban J connectivity index is 3.43. The average Bonchev–Trinajstić information content (AvgIpc) is 2.52. The second-order valence-electron chi connectivity index (χ2n) is 6.53. The SMILES string of the molecule is CCCCCCCCCCCCCC(=O)NC(CCC)C(=O)O. The first-order valence-corrected chi connectivity index (χ1v) is 9.64. The predicted molar refractivity (Wildman–Crippen MR) is 95.6 cm³/mol. The molecule has 1 amide bonds. The number of hydrogen-bond acceptors (Lipinski definition) is 2. The molecule has 0 aliphatic heterocycles. The van der Waals surface area contributed by atoms with Gasteiger partial charge in [-0.2, -0.15) is 0 Å². The van der Waals surface area contributed by atoms with E-state index in [1.165, 1.54) is 57.8 Å². The maximum Gasteiger partial charge on any atom is 0.326 e. The number of aliphatic carboxylic acids is 1. The van der Waals surface area contributed by atoms with Gasteiger partial charge in [0.15, 0.2) is 0 Å². The van der Waals surface area contributed by atoms with Gasteiger partial charge in [0.05, 0.1) is 0 Å². The lowest BCUT2D eigenvalue weighted by Gasteiger charge is -2.13. The second kappa shape index (κ2) is 15.8. The highest BCUT2D eigenvalue weighted by Crippen LogP contribution is 2.12. The first kappa shape index (κ1) is 21.9. The molecular formula is C19H37NO3. The van der Waals surface area contributed by atoms with Crippen LogP contribution in [0.15, 0.2) is 0 Å². The Kier molecular flexibility index (Phi) is 15.1. The summed E-state index contributed by atoms with van der Waals surface area (Å²) in [5.41, 5.74) is 0. The smallest absolute Gasteiger partial charge is 0.326 e. The maximum absolute atomic E-state index is 11.7. The van der Waals surface area contributed by atoms with E-state index in [2.05, 4.69) is 12.2 Å². The molecule has 0 aromatic rings. The molecule has 1 atom stereocenters. The zero-order valence-corrected chi connectivity index (χ0v) is 15.2. The summed E-state index contributed by atoms with van der Waals surface area (Å²) in [4.78, 5) is 22.7. The van der Waals surface area contributed by atoms with Crippen LogP contribution in [0, 0.1) is 0 Å². The van der Waals surface area contributed by atoms with E-state index in [-0.39, 0.29) is 5.91 Å². The van der Waals surface area contributed by atoms with Crippen molar-refractivity contribution >= 4 is 11.9 Å². The maximum atomic E-state index is 11.7. The van der Waals surface area contributed by atoms with Crippen LogP contribution in [0.2, 0.25) is 0 Å². The van der Waals surface area contributed by atoms with Crippen LogP contribution in [-0.2, 0) is 9.59 Å². The molecule has 4 heteroatoms. The zero-order valence-electron chi connectivity index (χ0n) is 15.2. The van der Waals surface area contributed by atoms with Crippen molar-refractivity contribution in [3.8, 4) is 0 Å².